The molecule has 0 aliphatic rings. The summed E-state index contributed by atoms with van der Waals surface area (Å²) < 4.78 is 5.47. The quantitative estimate of drug-likeness (QED) is 0.350. The molecule has 0 fully saturated rings. The van der Waals surface area contributed by atoms with Gasteiger partial charge in [-0.15, -0.1) is 0 Å². The standard InChI is InChI=1S/C29H49N3O4/c1-10-13-19-32(27(34)24(20(4)12-3)31-28(35)36-29(7,8)9)25(23-18-15-14-17-21(23)5)26(33)30-22(6)16-11-2/h14-15,17-18,20,22,24-25H,10-13,16,19H2,1-9H3,(H,30,33)(H,31,35). The Labute approximate surface area is 218 Å². The third kappa shape index (κ3) is 9.82. The largest absolute Gasteiger partial charge is 0.444 e. The molecule has 0 heterocycles. The summed E-state index contributed by atoms with van der Waals surface area (Å²) in [5, 5.41) is 5.95. The molecule has 7 heteroatoms. The molecule has 1 aromatic rings. The molecule has 3 amide bonds. The van der Waals surface area contributed by atoms with Crippen LogP contribution in [0, 0.1) is 12.8 Å². The first-order valence-corrected chi connectivity index (χ1v) is 13.5. The van der Waals surface area contributed by atoms with Gasteiger partial charge in [-0.2, -0.15) is 0 Å². The first-order chi connectivity index (χ1) is 16.9. The van der Waals surface area contributed by atoms with E-state index >= 15 is 0 Å². The number of carbonyl (C=O) groups excluding carboxylic acids is 3. The molecule has 0 bridgehead atoms. The third-order valence-corrected chi connectivity index (χ3v) is 6.34. The topological polar surface area (TPSA) is 87.7 Å². The Morgan fingerprint density at radius 1 is 1.00 bits per heavy atom. The lowest BCUT2D eigenvalue weighted by Crippen LogP contribution is -2.55. The van der Waals surface area contributed by atoms with Crippen LogP contribution in [-0.4, -0.2) is 47.0 Å². The van der Waals surface area contributed by atoms with E-state index in [9.17, 15) is 14.4 Å². The van der Waals surface area contributed by atoms with Gasteiger partial charge in [0.25, 0.3) is 0 Å². The number of nitrogens with zero attached hydrogens (tertiary/aromatic N) is 1. The number of nitrogens with one attached hydrogen (secondary N) is 2. The van der Waals surface area contributed by atoms with Crippen molar-refractivity contribution in [2.45, 2.75) is 118 Å². The summed E-state index contributed by atoms with van der Waals surface area (Å²) >= 11 is 0. The van der Waals surface area contributed by atoms with Crippen molar-refractivity contribution in [2.75, 3.05) is 6.54 Å². The number of alkyl carbamates (subject to hydrolysis) is 1. The van der Waals surface area contributed by atoms with E-state index in [1.165, 1.54) is 0 Å². The lowest BCUT2D eigenvalue weighted by atomic mass is 9.94. The maximum atomic E-state index is 14.2. The lowest BCUT2D eigenvalue weighted by molar-refractivity contribution is -0.143. The minimum atomic E-state index is -0.811. The summed E-state index contributed by atoms with van der Waals surface area (Å²) in [7, 11) is 0. The Hall–Kier alpha value is -2.57. The SMILES string of the molecule is CCCCN(C(=O)C(NC(=O)OC(C)(C)C)C(C)CC)C(C(=O)NC(C)CCC)c1ccccc1C. The van der Waals surface area contributed by atoms with Gasteiger partial charge in [-0.1, -0.05) is 71.2 Å². The Bertz CT molecular complexity index is 849. The van der Waals surface area contributed by atoms with Crippen LogP contribution in [0.2, 0.25) is 0 Å². The van der Waals surface area contributed by atoms with Crippen LogP contribution in [0.1, 0.15) is 105 Å². The number of hydrogen-bond acceptors (Lipinski definition) is 4. The first-order valence-electron chi connectivity index (χ1n) is 13.5. The highest BCUT2D eigenvalue weighted by atomic mass is 16.6. The zero-order valence-electron chi connectivity index (χ0n) is 23.9. The molecule has 0 aromatic heterocycles. The maximum absolute atomic E-state index is 14.2. The second-order valence-electron chi connectivity index (χ2n) is 10.9. The van der Waals surface area contributed by atoms with Gasteiger partial charge < -0.3 is 20.3 Å². The Balaban J connectivity index is 3.51. The van der Waals surface area contributed by atoms with E-state index in [4.69, 9.17) is 4.74 Å². The number of ether oxygens (including phenoxy) is 1. The summed E-state index contributed by atoms with van der Waals surface area (Å²) in [5.41, 5.74) is 1.05. The summed E-state index contributed by atoms with van der Waals surface area (Å²) in [6.07, 6.45) is 3.46. The number of amides is 3. The van der Waals surface area contributed by atoms with Gasteiger partial charge in [-0.3, -0.25) is 9.59 Å². The van der Waals surface area contributed by atoms with E-state index in [-0.39, 0.29) is 23.8 Å². The summed E-state index contributed by atoms with van der Waals surface area (Å²) in [6.45, 7) is 17.8. The number of benzene rings is 1. The van der Waals surface area contributed by atoms with Crippen LogP contribution in [0.4, 0.5) is 4.79 Å². The molecule has 0 saturated heterocycles. The fourth-order valence-corrected chi connectivity index (χ4v) is 4.16. The average molecular weight is 504 g/mol. The average Bonchev–Trinajstić information content (AvgIpc) is 2.79. The van der Waals surface area contributed by atoms with Gasteiger partial charge in [0.2, 0.25) is 11.8 Å². The number of hydrogen-bond donors (Lipinski definition) is 2. The Morgan fingerprint density at radius 3 is 2.17 bits per heavy atom. The minimum absolute atomic E-state index is 0.0117. The van der Waals surface area contributed by atoms with Crippen LogP contribution in [0.5, 0.6) is 0 Å². The molecular weight excluding hydrogens is 454 g/mol. The van der Waals surface area contributed by atoms with Crippen LogP contribution in [-0.2, 0) is 14.3 Å². The monoisotopic (exact) mass is 503 g/mol. The van der Waals surface area contributed by atoms with Crippen molar-refractivity contribution in [3.63, 3.8) is 0 Å². The molecule has 0 aliphatic heterocycles. The van der Waals surface area contributed by atoms with Crippen LogP contribution < -0.4 is 10.6 Å². The Kier molecular flexibility index (Phi) is 13.0. The van der Waals surface area contributed by atoms with E-state index in [2.05, 4.69) is 24.5 Å². The van der Waals surface area contributed by atoms with Gasteiger partial charge in [0.05, 0.1) is 0 Å². The van der Waals surface area contributed by atoms with E-state index in [1.807, 2.05) is 52.0 Å². The highest BCUT2D eigenvalue weighted by Crippen LogP contribution is 2.27. The fourth-order valence-electron chi connectivity index (χ4n) is 4.16. The molecule has 0 aliphatic carbocycles. The molecule has 204 valence electrons. The molecule has 1 rings (SSSR count). The number of aryl methyl sites for hydroxylation is 1. The zero-order valence-corrected chi connectivity index (χ0v) is 23.9. The molecule has 4 unspecified atom stereocenters. The van der Waals surface area contributed by atoms with E-state index in [0.29, 0.717) is 13.0 Å². The van der Waals surface area contributed by atoms with Crippen molar-refractivity contribution in [3.8, 4) is 0 Å². The molecule has 36 heavy (non-hydrogen) atoms. The first kappa shape index (κ1) is 31.5. The van der Waals surface area contributed by atoms with Gasteiger partial charge in [0.15, 0.2) is 0 Å². The van der Waals surface area contributed by atoms with Crippen molar-refractivity contribution in [2.24, 2.45) is 5.92 Å². The Morgan fingerprint density at radius 2 is 1.64 bits per heavy atom. The number of unbranched alkanes of at least 4 members (excludes halogenated alkanes) is 1. The number of rotatable bonds is 13. The normalized spacial score (nSPS) is 14.8. The van der Waals surface area contributed by atoms with E-state index in [1.54, 1.807) is 25.7 Å². The summed E-state index contributed by atoms with van der Waals surface area (Å²) in [4.78, 5) is 42.3. The highest BCUT2D eigenvalue weighted by Gasteiger charge is 2.38. The molecule has 2 N–H and O–H groups in total. The fraction of sp³-hybridized carbons (Fsp3) is 0.690. The molecule has 4 atom stereocenters. The van der Waals surface area contributed by atoms with Crippen molar-refractivity contribution >= 4 is 17.9 Å². The zero-order chi connectivity index (χ0) is 27.5. The molecule has 0 spiro atoms. The van der Waals surface area contributed by atoms with Gasteiger partial charge in [-0.25, -0.2) is 4.79 Å². The third-order valence-electron chi connectivity index (χ3n) is 6.34. The predicted molar refractivity (Wildman–Crippen MR) is 146 cm³/mol. The van der Waals surface area contributed by atoms with Crippen LogP contribution in [0.3, 0.4) is 0 Å². The van der Waals surface area contributed by atoms with Gasteiger partial charge >= 0.3 is 6.09 Å². The second-order valence-corrected chi connectivity index (χ2v) is 10.9. The van der Waals surface area contributed by atoms with Crippen molar-refractivity contribution in [3.05, 3.63) is 35.4 Å². The highest BCUT2D eigenvalue weighted by molar-refractivity contribution is 5.92. The molecular formula is C29H49N3O4. The number of carbonyl (C=O) groups is 3. The van der Waals surface area contributed by atoms with Crippen molar-refractivity contribution in [1.82, 2.24) is 15.5 Å². The van der Waals surface area contributed by atoms with E-state index in [0.717, 1.165) is 36.8 Å². The van der Waals surface area contributed by atoms with Crippen molar-refractivity contribution < 1.29 is 19.1 Å². The molecule has 0 radical (unpaired) electrons. The summed E-state index contributed by atoms with van der Waals surface area (Å²) in [6, 6.07) is 6.07. The maximum Gasteiger partial charge on any atom is 0.408 e. The smallest absolute Gasteiger partial charge is 0.408 e. The molecule has 7 nitrogen and oxygen atoms in total. The van der Waals surface area contributed by atoms with Gasteiger partial charge in [-0.05, 0) is 64.5 Å². The van der Waals surface area contributed by atoms with Crippen LogP contribution in [0.15, 0.2) is 24.3 Å². The molecule has 0 saturated carbocycles. The van der Waals surface area contributed by atoms with Gasteiger partial charge in [0, 0.05) is 12.6 Å². The van der Waals surface area contributed by atoms with Crippen LogP contribution >= 0.6 is 0 Å². The lowest BCUT2D eigenvalue weighted by Gasteiger charge is -2.37. The molecule has 1 aromatic carbocycles. The second kappa shape index (κ2) is 14.9. The van der Waals surface area contributed by atoms with E-state index < -0.39 is 23.8 Å². The van der Waals surface area contributed by atoms with Crippen molar-refractivity contribution in [1.29, 1.82) is 0 Å². The van der Waals surface area contributed by atoms with Gasteiger partial charge in [0.1, 0.15) is 17.7 Å². The van der Waals surface area contributed by atoms with Crippen LogP contribution in [0.25, 0.3) is 0 Å². The minimum Gasteiger partial charge on any atom is -0.444 e. The summed E-state index contributed by atoms with van der Waals surface area (Å²) in [5.74, 6) is -0.612. The predicted octanol–water partition coefficient (Wildman–Crippen LogP) is 5.91.